The molecule has 0 saturated heterocycles. The summed E-state index contributed by atoms with van der Waals surface area (Å²) in [5.74, 6) is -0.693. The maximum atomic E-state index is 12.8. The molecular formula is C23H20N2O5S. The molecule has 8 heteroatoms. The summed E-state index contributed by atoms with van der Waals surface area (Å²) < 4.78 is 10.6. The van der Waals surface area contributed by atoms with E-state index in [2.05, 4.69) is 5.32 Å². The standard InChI is InChI=1S/C23H20N2O5S/c1-2-29-23(28)16-12-19(15-8-4-3-5-9-15)31-22(16)24-20(26)13-25-17-10-6-7-11-18(17)30-14-21(25)27/h3-12H,2,13-14H2,1H3,(H,24,26). The number of ether oxygens (including phenoxy) is 2. The molecule has 0 radical (unpaired) electrons. The van der Waals surface area contributed by atoms with E-state index in [1.807, 2.05) is 30.3 Å². The zero-order valence-corrected chi connectivity index (χ0v) is 17.6. The number of fused-ring (bicyclic) bond motifs is 1. The Morgan fingerprint density at radius 3 is 2.65 bits per heavy atom. The zero-order chi connectivity index (χ0) is 21.8. The molecule has 2 amide bonds. The Balaban J connectivity index is 1.58. The molecule has 1 aromatic heterocycles. The van der Waals surface area contributed by atoms with Crippen molar-refractivity contribution >= 4 is 39.8 Å². The minimum Gasteiger partial charge on any atom is -0.482 e. The summed E-state index contributed by atoms with van der Waals surface area (Å²) in [7, 11) is 0. The number of hydrogen-bond acceptors (Lipinski definition) is 6. The molecule has 0 aliphatic carbocycles. The Bertz CT molecular complexity index is 1130. The fourth-order valence-corrected chi connectivity index (χ4v) is 4.29. The molecule has 0 saturated carbocycles. The van der Waals surface area contributed by atoms with E-state index in [1.54, 1.807) is 37.3 Å². The molecule has 2 heterocycles. The Morgan fingerprint density at radius 2 is 1.87 bits per heavy atom. The van der Waals surface area contributed by atoms with Crippen LogP contribution in [0, 0.1) is 0 Å². The highest BCUT2D eigenvalue weighted by Crippen LogP contribution is 2.36. The summed E-state index contributed by atoms with van der Waals surface area (Å²) in [5, 5.41) is 3.17. The van der Waals surface area contributed by atoms with Crippen LogP contribution >= 0.6 is 11.3 Å². The first-order chi connectivity index (χ1) is 15.1. The summed E-state index contributed by atoms with van der Waals surface area (Å²) >= 11 is 1.28. The number of amides is 2. The van der Waals surface area contributed by atoms with Gasteiger partial charge in [0, 0.05) is 4.88 Å². The van der Waals surface area contributed by atoms with Crippen LogP contribution in [0.25, 0.3) is 10.4 Å². The first-order valence-electron chi connectivity index (χ1n) is 9.75. The van der Waals surface area contributed by atoms with Gasteiger partial charge in [-0.25, -0.2) is 4.79 Å². The number of hydrogen-bond donors (Lipinski definition) is 1. The Morgan fingerprint density at radius 1 is 1.13 bits per heavy atom. The summed E-state index contributed by atoms with van der Waals surface area (Å²) in [6.07, 6.45) is 0. The predicted molar refractivity (Wildman–Crippen MR) is 119 cm³/mol. The van der Waals surface area contributed by atoms with E-state index in [9.17, 15) is 14.4 Å². The largest absolute Gasteiger partial charge is 0.482 e. The van der Waals surface area contributed by atoms with E-state index < -0.39 is 11.9 Å². The van der Waals surface area contributed by atoms with Gasteiger partial charge in [-0.3, -0.25) is 14.5 Å². The second-order valence-corrected chi connectivity index (χ2v) is 7.78. The van der Waals surface area contributed by atoms with Crippen molar-refractivity contribution in [3.8, 4) is 16.2 Å². The summed E-state index contributed by atoms with van der Waals surface area (Å²) in [4.78, 5) is 39.8. The van der Waals surface area contributed by atoms with Crippen molar-refractivity contribution < 1.29 is 23.9 Å². The van der Waals surface area contributed by atoms with Crippen molar-refractivity contribution in [3.05, 3.63) is 66.2 Å². The van der Waals surface area contributed by atoms with Crippen LogP contribution in [-0.2, 0) is 14.3 Å². The minimum atomic E-state index is -0.510. The van der Waals surface area contributed by atoms with Crippen LogP contribution in [0.1, 0.15) is 17.3 Å². The third-order valence-corrected chi connectivity index (χ3v) is 5.75. The molecule has 0 atom stereocenters. The monoisotopic (exact) mass is 436 g/mol. The van der Waals surface area contributed by atoms with E-state index in [0.717, 1.165) is 10.4 Å². The second-order valence-electron chi connectivity index (χ2n) is 6.72. The van der Waals surface area contributed by atoms with Crippen LogP contribution in [0.3, 0.4) is 0 Å². The molecule has 3 aromatic rings. The van der Waals surface area contributed by atoms with E-state index >= 15 is 0 Å². The van der Waals surface area contributed by atoms with Gasteiger partial charge in [-0.2, -0.15) is 0 Å². The van der Waals surface area contributed by atoms with Gasteiger partial charge in [0.1, 0.15) is 17.3 Å². The maximum absolute atomic E-state index is 12.8. The van der Waals surface area contributed by atoms with Crippen molar-refractivity contribution in [1.29, 1.82) is 0 Å². The van der Waals surface area contributed by atoms with Gasteiger partial charge in [-0.15, -0.1) is 11.3 Å². The molecule has 2 aromatic carbocycles. The Kier molecular flexibility index (Phi) is 5.99. The fourth-order valence-electron chi connectivity index (χ4n) is 3.23. The number of carbonyl (C=O) groups excluding carboxylic acids is 3. The van der Waals surface area contributed by atoms with Crippen molar-refractivity contribution in [3.63, 3.8) is 0 Å². The summed E-state index contributed by atoms with van der Waals surface area (Å²) in [5.41, 5.74) is 1.75. The van der Waals surface area contributed by atoms with Crippen LogP contribution in [0.4, 0.5) is 10.7 Å². The topological polar surface area (TPSA) is 84.9 Å². The van der Waals surface area contributed by atoms with Crippen LogP contribution in [0.15, 0.2) is 60.7 Å². The lowest BCUT2D eigenvalue weighted by Crippen LogP contribution is -2.43. The molecule has 31 heavy (non-hydrogen) atoms. The molecule has 1 aliphatic rings. The number of thiophene rings is 1. The normalized spacial score (nSPS) is 12.7. The average molecular weight is 436 g/mol. The molecule has 0 spiro atoms. The number of esters is 1. The number of nitrogens with zero attached hydrogens (tertiary/aromatic N) is 1. The highest BCUT2D eigenvalue weighted by Gasteiger charge is 2.28. The fraction of sp³-hybridized carbons (Fsp3) is 0.174. The van der Waals surface area contributed by atoms with Gasteiger partial charge in [0.25, 0.3) is 5.91 Å². The zero-order valence-electron chi connectivity index (χ0n) is 16.8. The number of carbonyl (C=O) groups is 3. The lowest BCUT2D eigenvalue weighted by atomic mass is 10.1. The van der Waals surface area contributed by atoms with Gasteiger partial charge in [-0.05, 0) is 30.7 Å². The third-order valence-electron chi connectivity index (χ3n) is 4.65. The molecule has 4 rings (SSSR count). The van der Waals surface area contributed by atoms with Gasteiger partial charge < -0.3 is 14.8 Å². The minimum absolute atomic E-state index is 0.129. The lowest BCUT2D eigenvalue weighted by Gasteiger charge is -2.28. The SMILES string of the molecule is CCOC(=O)c1cc(-c2ccccc2)sc1NC(=O)CN1C(=O)COc2ccccc21. The van der Waals surface area contributed by atoms with Gasteiger partial charge in [-0.1, -0.05) is 42.5 Å². The molecule has 1 aliphatic heterocycles. The van der Waals surface area contributed by atoms with E-state index in [1.165, 1.54) is 16.2 Å². The maximum Gasteiger partial charge on any atom is 0.341 e. The van der Waals surface area contributed by atoms with Gasteiger partial charge in [0.05, 0.1) is 17.9 Å². The lowest BCUT2D eigenvalue weighted by molar-refractivity contribution is -0.123. The Hall–Kier alpha value is -3.65. The highest BCUT2D eigenvalue weighted by molar-refractivity contribution is 7.20. The summed E-state index contributed by atoms with van der Waals surface area (Å²) in [6, 6.07) is 18.3. The van der Waals surface area contributed by atoms with Crippen LogP contribution in [0.5, 0.6) is 5.75 Å². The number of benzene rings is 2. The van der Waals surface area contributed by atoms with Crippen LogP contribution in [0.2, 0.25) is 0 Å². The predicted octanol–water partition coefficient (Wildman–Crippen LogP) is 3.96. The molecular weight excluding hydrogens is 416 g/mol. The number of rotatable bonds is 6. The smallest absolute Gasteiger partial charge is 0.341 e. The molecule has 0 unspecified atom stereocenters. The molecule has 0 fully saturated rings. The molecule has 158 valence electrons. The van der Waals surface area contributed by atoms with E-state index in [0.29, 0.717) is 16.4 Å². The van der Waals surface area contributed by atoms with Crippen molar-refractivity contribution in [2.24, 2.45) is 0 Å². The molecule has 0 bridgehead atoms. The molecule has 7 nitrogen and oxygen atoms in total. The highest BCUT2D eigenvalue weighted by atomic mass is 32.1. The first-order valence-corrected chi connectivity index (χ1v) is 10.6. The summed E-state index contributed by atoms with van der Waals surface area (Å²) in [6.45, 7) is 1.62. The molecule has 1 N–H and O–H groups in total. The number of nitrogens with one attached hydrogen (secondary N) is 1. The number of anilines is 2. The van der Waals surface area contributed by atoms with Gasteiger partial charge in [0.15, 0.2) is 6.61 Å². The van der Waals surface area contributed by atoms with Crippen LogP contribution in [-0.4, -0.2) is 37.5 Å². The van der Waals surface area contributed by atoms with Crippen LogP contribution < -0.4 is 15.0 Å². The van der Waals surface area contributed by atoms with E-state index in [4.69, 9.17) is 9.47 Å². The average Bonchev–Trinajstić information content (AvgIpc) is 3.20. The van der Waals surface area contributed by atoms with Crippen molar-refractivity contribution in [2.75, 3.05) is 30.0 Å². The second kappa shape index (κ2) is 9.01. The first kappa shape index (κ1) is 20.6. The van der Waals surface area contributed by atoms with E-state index in [-0.39, 0.29) is 31.2 Å². The van der Waals surface area contributed by atoms with Gasteiger partial charge in [0.2, 0.25) is 5.91 Å². The Labute approximate surface area is 183 Å². The van der Waals surface area contributed by atoms with Crippen molar-refractivity contribution in [1.82, 2.24) is 0 Å². The number of para-hydroxylation sites is 2. The van der Waals surface area contributed by atoms with Crippen molar-refractivity contribution in [2.45, 2.75) is 6.92 Å². The van der Waals surface area contributed by atoms with Gasteiger partial charge >= 0.3 is 5.97 Å². The third kappa shape index (κ3) is 4.44. The quantitative estimate of drug-likeness (QED) is 0.592.